The van der Waals surface area contributed by atoms with Gasteiger partial charge in [0.2, 0.25) is 10.0 Å². The zero-order chi connectivity index (χ0) is 21.6. The Hall–Kier alpha value is -1.93. The van der Waals surface area contributed by atoms with Gasteiger partial charge in [-0.2, -0.15) is 4.31 Å². The van der Waals surface area contributed by atoms with Crippen LogP contribution in [0, 0.1) is 11.8 Å². The monoisotopic (exact) mass is 424 g/mol. The summed E-state index contributed by atoms with van der Waals surface area (Å²) < 4.78 is 31.4. The van der Waals surface area contributed by atoms with Crippen LogP contribution in [0.1, 0.15) is 57.3 Å². The van der Waals surface area contributed by atoms with Gasteiger partial charge in [-0.3, -0.25) is 4.79 Å². The lowest BCUT2D eigenvalue weighted by Crippen LogP contribution is -2.45. The largest absolute Gasteiger partial charge is 0.452 e. The summed E-state index contributed by atoms with van der Waals surface area (Å²) in [5.74, 6) is -0.0199. The predicted octanol–water partition coefficient (Wildman–Crippen LogP) is 2.81. The molecule has 1 aromatic rings. The SMILES string of the molecule is CCN(CC)S(=O)(=O)c1ccc(C(=O)OCC(=O)N[C@@H]2CCC[C@H](C)[C@@H]2C)cc1. The molecule has 0 aromatic heterocycles. The van der Waals surface area contributed by atoms with Gasteiger partial charge in [-0.15, -0.1) is 0 Å². The van der Waals surface area contributed by atoms with Crippen LogP contribution in [0.2, 0.25) is 0 Å². The van der Waals surface area contributed by atoms with Crippen molar-refractivity contribution < 1.29 is 22.7 Å². The van der Waals surface area contributed by atoms with Crippen molar-refractivity contribution >= 4 is 21.9 Å². The maximum atomic E-state index is 12.5. The van der Waals surface area contributed by atoms with Gasteiger partial charge < -0.3 is 10.1 Å². The second-order valence-corrected chi connectivity index (χ2v) is 9.57. The number of nitrogens with one attached hydrogen (secondary N) is 1. The van der Waals surface area contributed by atoms with Crippen LogP contribution in [0.4, 0.5) is 0 Å². The summed E-state index contributed by atoms with van der Waals surface area (Å²) in [6.45, 7) is 8.25. The van der Waals surface area contributed by atoms with Crippen molar-refractivity contribution in [2.45, 2.75) is 57.9 Å². The lowest BCUT2D eigenvalue weighted by Gasteiger charge is -2.34. The zero-order valence-electron chi connectivity index (χ0n) is 17.7. The molecule has 1 N–H and O–H groups in total. The summed E-state index contributed by atoms with van der Waals surface area (Å²) in [5.41, 5.74) is 0.205. The van der Waals surface area contributed by atoms with Crippen LogP contribution in [0.3, 0.4) is 0 Å². The van der Waals surface area contributed by atoms with E-state index < -0.39 is 16.0 Å². The minimum Gasteiger partial charge on any atom is -0.452 e. The minimum absolute atomic E-state index is 0.106. The van der Waals surface area contributed by atoms with Gasteiger partial charge in [0, 0.05) is 19.1 Å². The van der Waals surface area contributed by atoms with E-state index in [9.17, 15) is 18.0 Å². The molecule has 0 spiro atoms. The molecule has 0 heterocycles. The topological polar surface area (TPSA) is 92.8 Å². The van der Waals surface area contributed by atoms with Gasteiger partial charge in [-0.1, -0.05) is 40.5 Å². The van der Waals surface area contributed by atoms with Gasteiger partial charge in [-0.05, 0) is 42.5 Å². The first-order valence-electron chi connectivity index (χ1n) is 10.3. The molecule has 1 aliphatic rings. The molecule has 0 unspecified atom stereocenters. The first kappa shape index (κ1) is 23.3. The van der Waals surface area contributed by atoms with Crippen molar-refractivity contribution in [3.05, 3.63) is 29.8 Å². The van der Waals surface area contributed by atoms with Crippen LogP contribution in [-0.4, -0.2) is 50.3 Å². The summed E-state index contributed by atoms with van der Waals surface area (Å²) in [4.78, 5) is 24.5. The maximum Gasteiger partial charge on any atom is 0.338 e. The standard InChI is InChI=1S/C21H32N2O5S/c1-5-23(6-2)29(26,27)18-12-10-17(11-13-18)21(25)28-14-20(24)22-19-9-7-8-15(3)16(19)4/h10-13,15-16,19H,5-9,14H2,1-4H3,(H,22,24)/t15-,16-,19+/m0/s1. The molecule has 1 aliphatic carbocycles. The van der Waals surface area contributed by atoms with Crippen molar-refractivity contribution in [2.24, 2.45) is 11.8 Å². The third-order valence-corrected chi connectivity index (χ3v) is 7.88. The van der Waals surface area contributed by atoms with Gasteiger partial charge in [0.1, 0.15) is 0 Å². The summed E-state index contributed by atoms with van der Waals surface area (Å²) in [5, 5.41) is 2.96. The molecule has 0 radical (unpaired) electrons. The van der Waals surface area contributed by atoms with Crippen LogP contribution in [0.15, 0.2) is 29.2 Å². The number of carbonyl (C=O) groups excluding carboxylic acids is 2. The molecule has 0 saturated heterocycles. The zero-order valence-corrected chi connectivity index (χ0v) is 18.5. The maximum absolute atomic E-state index is 12.5. The Morgan fingerprint density at radius 1 is 1.10 bits per heavy atom. The van der Waals surface area contributed by atoms with Crippen molar-refractivity contribution in [3.8, 4) is 0 Å². The molecule has 2 rings (SSSR count). The molecule has 1 saturated carbocycles. The third kappa shape index (κ3) is 5.79. The molecule has 1 aromatic carbocycles. The molecule has 0 bridgehead atoms. The Kier molecular flexibility index (Phi) is 8.22. The molecular weight excluding hydrogens is 392 g/mol. The fourth-order valence-corrected chi connectivity index (χ4v) is 5.18. The van der Waals surface area contributed by atoms with Crippen molar-refractivity contribution in [3.63, 3.8) is 0 Å². The third-order valence-electron chi connectivity index (χ3n) is 5.82. The van der Waals surface area contributed by atoms with Crippen molar-refractivity contribution in [1.29, 1.82) is 0 Å². The average Bonchev–Trinajstić information content (AvgIpc) is 2.70. The van der Waals surface area contributed by atoms with E-state index in [1.807, 2.05) is 0 Å². The summed E-state index contributed by atoms with van der Waals surface area (Å²) in [6, 6.07) is 5.68. The first-order chi connectivity index (χ1) is 13.7. The average molecular weight is 425 g/mol. The van der Waals surface area contributed by atoms with E-state index in [2.05, 4.69) is 19.2 Å². The fraction of sp³-hybridized carbons (Fsp3) is 0.619. The fourth-order valence-electron chi connectivity index (χ4n) is 3.72. The number of carbonyl (C=O) groups is 2. The Morgan fingerprint density at radius 3 is 2.31 bits per heavy atom. The quantitative estimate of drug-likeness (QED) is 0.648. The lowest BCUT2D eigenvalue weighted by molar-refractivity contribution is -0.125. The summed E-state index contributed by atoms with van der Waals surface area (Å²) >= 11 is 0. The number of sulfonamides is 1. The Bertz CT molecular complexity index is 803. The highest BCUT2D eigenvalue weighted by molar-refractivity contribution is 7.89. The molecule has 1 fully saturated rings. The summed E-state index contributed by atoms with van der Waals surface area (Å²) in [6.07, 6.45) is 3.19. The van der Waals surface area contributed by atoms with E-state index in [1.165, 1.54) is 35.0 Å². The molecule has 8 heteroatoms. The number of ether oxygens (including phenoxy) is 1. The minimum atomic E-state index is -3.58. The van der Waals surface area contributed by atoms with Gasteiger partial charge in [0.25, 0.3) is 5.91 Å². The van der Waals surface area contributed by atoms with E-state index in [-0.39, 0.29) is 29.0 Å². The molecule has 3 atom stereocenters. The van der Waals surface area contributed by atoms with Crippen molar-refractivity contribution in [1.82, 2.24) is 9.62 Å². The number of hydrogen-bond acceptors (Lipinski definition) is 5. The predicted molar refractivity (Wildman–Crippen MR) is 111 cm³/mol. The number of rotatable bonds is 8. The molecular formula is C21H32N2O5S. The smallest absolute Gasteiger partial charge is 0.338 e. The van der Waals surface area contributed by atoms with Crippen LogP contribution in [0.5, 0.6) is 0 Å². The number of amides is 1. The Labute approximate surface area is 173 Å². The van der Waals surface area contributed by atoms with E-state index in [0.717, 1.165) is 12.8 Å². The van der Waals surface area contributed by atoms with Crippen molar-refractivity contribution in [2.75, 3.05) is 19.7 Å². The highest BCUT2D eigenvalue weighted by Crippen LogP contribution is 2.29. The van der Waals surface area contributed by atoms with E-state index in [1.54, 1.807) is 13.8 Å². The van der Waals surface area contributed by atoms with Gasteiger partial charge in [0.15, 0.2) is 6.61 Å². The highest BCUT2D eigenvalue weighted by Gasteiger charge is 2.28. The number of nitrogens with zero attached hydrogens (tertiary/aromatic N) is 1. The molecule has 162 valence electrons. The number of esters is 1. The normalized spacial score (nSPS) is 22.3. The van der Waals surface area contributed by atoms with Crippen LogP contribution >= 0.6 is 0 Å². The Morgan fingerprint density at radius 2 is 1.72 bits per heavy atom. The lowest BCUT2D eigenvalue weighted by atomic mass is 9.78. The highest BCUT2D eigenvalue weighted by atomic mass is 32.2. The molecule has 0 aliphatic heterocycles. The molecule has 7 nitrogen and oxygen atoms in total. The van der Waals surface area contributed by atoms with Crippen LogP contribution in [-0.2, 0) is 19.6 Å². The van der Waals surface area contributed by atoms with Gasteiger partial charge >= 0.3 is 5.97 Å². The van der Waals surface area contributed by atoms with Crippen LogP contribution < -0.4 is 5.32 Å². The molecule has 29 heavy (non-hydrogen) atoms. The van der Waals surface area contributed by atoms with Gasteiger partial charge in [-0.25, -0.2) is 13.2 Å². The first-order valence-corrected chi connectivity index (χ1v) is 11.7. The van der Waals surface area contributed by atoms with Gasteiger partial charge in [0.05, 0.1) is 10.5 Å². The van der Waals surface area contributed by atoms with E-state index in [0.29, 0.717) is 24.9 Å². The number of hydrogen-bond donors (Lipinski definition) is 1. The van der Waals surface area contributed by atoms with Crippen LogP contribution in [0.25, 0.3) is 0 Å². The summed E-state index contributed by atoms with van der Waals surface area (Å²) in [7, 11) is -3.58. The van der Waals surface area contributed by atoms with E-state index >= 15 is 0 Å². The van der Waals surface area contributed by atoms with E-state index in [4.69, 9.17) is 4.74 Å². The second kappa shape index (κ2) is 10.2. The second-order valence-electron chi connectivity index (χ2n) is 7.63. The number of benzene rings is 1. The Balaban J connectivity index is 1.92. The molecule has 1 amide bonds.